The van der Waals surface area contributed by atoms with Gasteiger partial charge in [-0.05, 0) is 31.9 Å². The van der Waals surface area contributed by atoms with Crippen LogP contribution in [0.4, 0.5) is 5.13 Å². The lowest BCUT2D eigenvalue weighted by Gasteiger charge is -2.25. The number of anilines is 1. The van der Waals surface area contributed by atoms with Crippen LogP contribution in [0.1, 0.15) is 28.5 Å². The van der Waals surface area contributed by atoms with Gasteiger partial charge in [0.2, 0.25) is 0 Å². The van der Waals surface area contributed by atoms with Crippen LogP contribution in [-0.4, -0.2) is 18.1 Å². The number of rotatable bonds is 3. The average molecular weight is 274 g/mol. The average Bonchev–Trinajstić information content (AvgIpc) is 2.75. The summed E-state index contributed by atoms with van der Waals surface area (Å²) >= 11 is 1.73. The summed E-state index contributed by atoms with van der Waals surface area (Å²) in [6, 6.07) is 8.33. The largest absolute Gasteiger partial charge is 0.493 e. The molecule has 1 atom stereocenters. The van der Waals surface area contributed by atoms with Crippen LogP contribution < -0.4 is 10.1 Å². The Morgan fingerprint density at radius 1 is 1.37 bits per heavy atom. The molecule has 1 N–H and O–H groups in total. The van der Waals surface area contributed by atoms with E-state index in [2.05, 4.69) is 42.3 Å². The van der Waals surface area contributed by atoms with Crippen LogP contribution in [0.3, 0.4) is 0 Å². The fourth-order valence-corrected chi connectivity index (χ4v) is 3.21. The Balaban J connectivity index is 1.71. The summed E-state index contributed by atoms with van der Waals surface area (Å²) in [6.45, 7) is 5.90. The number of para-hydroxylation sites is 1. The highest BCUT2D eigenvalue weighted by Gasteiger charge is 2.21. The Bertz CT molecular complexity index is 560. The number of nitrogens with one attached hydrogen (secondary N) is 1. The van der Waals surface area contributed by atoms with Gasteiger partial charge in [-0.1, -0.05) is 18.2 Å². The molecule has 1 aliphatic heterocycles. The van der Waals surface area contributed by atoms with Crippen molar-refractivity contribution in [3.8, 4) is 5.75 Å². The Hall–Kier alpha value is -1.55. The van der Waals surface area contributed by atoms with E-state index < -0.39 is 0 Å². The van der Waals surface area contributed by atoms with Gasteiger partial charge in [-0.15, -0.1) is 11.3 Å². The molecule has 19 heavy (non-hydrogen) atoms. The number of hydrogen-bond donors (Lipinski definition) is 1. The van der Waals surface area contributed by atoms with E-state index in [1.54, 1.807) is 11.3 Å². The molecule has 0 saturated heterocycles. The van der Waals surface area contributed by atoms with Gasteiger partial charge in [-0.3, -0.25) is 0 Å². The summed E-state index contributed by atoms with van der Waals surface area (Å²) in [5.41, 5.74) is 2.44. The zero-order valence-corrected chi connectivity index (χ0v) is 12.1. The first-order chi connectivity index (χ1) is 9.24. The normalized spacial score (nSPS) is 17.7. The molecule has 0 spiro atoms. The number of benzene rings is 1. The molecular weight excluding hydrogens is 256 g/mol. The highest BCUT2D eigenvalue weighted by atomic mass is 32.1. The third-order valence-electron chi connectivity index (χ3n) is 3.61. The lowest BCUT2D eigenvalue weighted by Crippen LogP contribution is -2.20. The van der Waals surface area contributed by atoms with Gasteiger partial charge in [-0.2, -0.15) is 0 Å². The predicted octanol–water partition coefficient (Wildman–Crippen LogP) is 3.74. The fraction of sp³-hybridized carbons (Fsp3) is 0.400. The lowest BCUT2D eigenvalue weighted by molar-refractivity contribution is 0.270. The SMILES string of the molecule is Cc1nc(NCC2CCOc3ccccc32)sc1C. The van der Waals surface area contributed by atoms with Crippen molar-refractivity contribution < 1.29 is 4.74 Å². The van der Waals surface area contributed by atoms with Crippen molar-refractivity contribution in [2.45, 2.75) is 26.2 Å². The molecule has 0 bridgehead atoms. The smallest absolute Gasteiger partial charge is 0.183 e. The van der Waals surface area contributed by atoms with E-state index in [0.717, 1.165) is 36.1 Å². The van der Waals surface area contributed by atoms with Crippen molar-refractivity contribution in [2.75, 3.05) is 18.5 Å². The summed E-state index contributed by atoms with van der Waals surface area (Å²) in [6.07, 6.45) is 1.06. The first-order valence-electron chi connectivity index (χ1n) is 6.63. The second-order valence-corrected chi connectivity index (χ2v) is 6.12. The molecule has 3 nitrogen and oxygen atoms in total. The number of aromatic nitrogens is 1. The minimum absolute atomic E-state index is 0.509. The molecule has 2 aromatic rings. The molecular formula is C15H18N2OS. The van der Waals surface area contributed by atoms with E-state index in [1.807, 2.05) is 6.07 Å². The lowest BCUT2D eigenvalue weighted by atomic mass is 9.93. The third kappa shape index (κ3) is 2.59. The van der Waals surface area contributed by atoms with E-state index in [1.165, 1.54) is 10.4 Å². The molecule has 3 rings (SSSR count). The zero-order chi connectivity index (χ0) is 13.2. The Kier molecular flexibility index (Phi) is 3.42. The number of nitrogens with zero attached hydrogens (tertiary/aromatic N) is 1. The highest BCUT2D eigenvalue weighted by Crippen LogP contribution is 2.33. The van der Waals surface area contributed by atoms with Gasteiger partial charge in [0.05, 0.1) is 12.3 Å². The van der Waals surface area contributed by atoms with E-state index in [9.17, 15) is 0 Å². The monoisotopic (exact) mass is 274 g/mol. The van der Waals surface area contributed by atoms with Crippen LogP contribution in [0.15, 0.2) is 24.3 Å². The van der Waals surface area contributed by atoms with Gasteiger partial charge >= 0.3 is 0 Å². The number of fused-ring (bicyclic) bond motifs is 1. The molecule has 0 saturated carbocycles. The Morgan fingerprint density at radius 3 is 3.00 bits per heavy atom. The van der Waals surface area contributed by atoms with Crippen molar-refractivity contribution in [3.05, 3.63) is 40.4 Å². The van der Waals surface area contributed by atoms with Crippen LogP contribution in [-0.2, 0) is 0 Å². The van der Waals surface area contributed by atoms with Gasteiger partial charge < -0.3 is 10.1 Å². The first-order valence-corrected chi connectivity index (χ1v) is 7.45. The standard InChI is InChI=1S/C15H18N2OS/c1-10-11(2)19-15(17-10)16-9-12-7-8-18-14-6-4-3-5-13(12)14/h3-6,12H,7-9H2,1-2H3,(H,16,17). The summed E-state index contributed by atoms with van der Waals surface area (Å²) in [7, 11) is 0. The first kappa shape index (κ1) is 12.5. The van der Waals surface area contributed by atoms with Gasteiger partial charge in [0, 0.05) is 17.3 Å². The molecule has 2 heterocycles. The van der Waals surface area contributed by atoms with E-state index in [0.29, 0.717) is 5.92 Å². The molecule has 0 aliphatic carbocycles. The highest BCUT2D eigenvalue weighted by molar-refractivity contribution is 7.15. The van der Waals surface area contributed by atoms with Gasteiger partial charge in [-0.25, -0.2) is 4.98 Å². The molecule has 0 fully saturated rings. The molecule has 0 radical (unpaired) electrons. The maximum Gasteiger partial charge on any atom is 0.183 e. The van der Waals surface area contributed by atoms with Crippen molar-refractivity contribution in [2.24, 2.45) is 0 Å². The summed E-state index contributed by atoms with van der Waals surface area (Å²) in [5, 5.41) is 4.50. The summed E-state index contributed by atoms with van der Waals surface area (Å²) in [5.74, 6) is 1.54. The zero-order valence-electron chi connectivity index (χ0n) is 11.3. The summed E-state index contributed by atoms with van der Waals surface area (Å²) in [4.78, 5) is 5.81. The number of aryl methyl sites for hydroxylation is 2. The quantitative estimate of drug-likeness (QED) is 0.926. The molecule has 0 amide bonds. The van der Waals surface area contributed by atoms with E-state index in [-0.39, 0.29) is 0 Å². The maximum absolute atomic E-state index is 5.69. The Labute approximate surface area is 117 Å². The second kappa shape index (κ2) is 5.21. The van der Waals surface area contributed by atoms with Gasteiger partial charge in [0.15, 0.2) is 5.13 Å². The van der Waals surface area contributed by atoms with Crippen LogP contribution in [0.25, 0.3) is 0 Å². The predicted molar refractivity (Wildman–Crippen MR) is 79.4 cm³/mol. The number of ether oxygens (including phenoxy) is 1. The third-order valence-corrected chi connectivity index (χ3v) is 4.64. The minimum Gasteiger partial charge on any atom is -0.493 e. The molecule has 1 aliphatic rings. The van der Waals surface area contributed by atoms with Crippen LogP contribution >= 0.6 is 11.3 Å². The fourth-order valence-electron chi connectivity index (χ4n) is 2.39. The van der Waals surface area contributed by atoms with Crippen molar-refractivity contribution >= 4 is 16.5 Å². The second-order valence-electron chi connectivity index (χ2n) is 4.91. The summed E-state index contributed by atoms with van der Waals surface area (Å²) < 4.78 is 5.69. The van der Waals surface area contributed by atoms with Crippen LogP contribution in [0, 0.1) is 13.8 Å². The minimum atomic E-state index is 0.509. The topological polar surface area (TPSA) is 34.2 Å². The molecule has 1 aromatic heterocycles. The van der Waals surface area contributed by atoms with Crippen LogP contribution in [0.5, 0.6) is 5.75 Å². The van der Waals surface area contributed by atoms with E-state index in [4.69, 9.17) is 4.74 Å². The van der Waals surface area contributed by atoms with E-state index >= 15 is 0 Å². The Morgan fingerprint density at radius 2 is 2.21 bits per heavy atom. The van der Waals surface area contributed by atoms with Crippen molar-refractivity contribution in [3.63, 3.8) is 0 Å². The van der Waals surface area contributed by atoms with Crippen molar-refractivity contribution in [1.82, 2.24) is 4.98 Å². The molecule has 4 heteroatoms. The number of thiazole rings is 1. The number of hydrogen-bond acceptors (Lipinski definition) is 4. The van der Waals surface area contributed by atoms with Gasteiger partial charge in [0.25, 0.3) is 0 Å². The van der Waals surface area contributed by atoms with Gasteiger partial charge in [0.1, 0.15) is 5.75 Å². The molecule has 1 aromatic carbocycles. The molecule has 1 unspecified atom stereocenters. The maximum atomic E-state index is 5.69. The molecule has 100 valence electrons. The van der Waals surface area contributed by atoms with Crippen LogP contribution in [0.2, 0.25) is 0 Å². The van der Waals surface area contributed by atoms with Crippen molar-refractivity contribution in [1.29, 1.82) is 0 Å².